The minimum absolute atomic E-state index is 0.00263. The molecule has 2 aromatic rings. The van der Waals surface area contributed by atoms with Gasteiger partial charge in [-0.3, -0.25) is 9.69 Å². The average Bonchev–Trinajstić information content (AvgIpc) is 3.13. The smallest absolute Gasteiger partial charge is 0.199 e. The van der Waals surface area contributed by atoms with Crippen molar-refractivity contribution >= 4 is 28.7 Å². The molecule has 0 saturated carbocycles. The standard InChI is InChI=1S/C14H15ClN2O3S/c15-14-16-7-11(21-14)8-17-3-5-19-9-10(17)6-12(18)13-2-1-4-20-13/h1-2,4,7,10H,3,5-6,8-9H2. The highest BCUT2D eigenvalue weighted by atomic mass is 35.5. The van der Waals surface area contributed by atoms with Crippen LogP contribution in [0.2, 0.25) is 4.47 Å². The molecule has 1 fully saturated rings. The minimum atomic E-state index is 0.00263. The lowest BCUT2D eigenvalue weighted by Crippen LogP contribution is -2.45. The molecule has 21 heavy (non-hydrogen) atoms. The molecule has 0 bridgehead atoms. The predicted octanol–water partition coefficient (Wildman–Crippen LogP) is 2.86. The predicted molar refractivity (Wildman–Crippen MR) is 79.8 cm³/mol. The Balaban J connectivity index is 1.65. The van der Waals surface area contributed by atoms with Crippen LogP contribution in [0.5, 0.6) is 0 Å². The van der Waals surface area contributed by atoms with Gasteiger partial charge in [0.15, 0.2) is 16.0 Å². The third kappa shape index (κ3) is 3.71. The summed E-state index contributed by atoms with van der Waals surface area (Å²) in [4.78, 5) is 19.6. The molecule has 0 aromatic carbocycles. The highest BCUT2D eigenvalue weighted by Crippen LogP contribution is 2.22. The second-order valence-corrected chi connectivity index (χ2v) is 6.58. The number of aromatic nitrogens is 1. The van der Waals surface area contributed by atoms with Crippen LogP contribution in [-0.2, 0) is 11.3 Å². The summed E-state index contributed by atoms with van der Waals surface area (Å²) < 4.78 is 11.2. The van der Waals surface area contributed by atoms with Crippen LogP contribution in [-0.4, -0.2) is 41.5 Å². The monoisotopic (exact) mass is 326 g/mol. The Morgan fingerprint density at radius 1 is 1.57 bits per heavy atom. The summed E-state index contributed by atoms with van der Waals surface area (Å²) in [7, 11) is 0. The molecule has 1 aliphatic heterocycles. The second-order valence-electron chi connectivity index (χ2n) is 4.88. The molecule has 0 N–H and O–H groups in total. The van der Waals surface area contributed by atoms with Gasteiger partial charge in [0, 0.05) is 36.6 Å². The van der Waals surface area contributed by atoms with Crippen molar-refractivity contribution in [2.24, 2.45) is 0 Å². The van der Waals surface area contributed by atoms with E-state index in [2.05, 4.69) is 9.88 Å². The number of rotatable bonds is 5. The van der Waals surface area contributed by atoms with Crippen molar-refractivity contribution in [3.05, 3.63) is 39.7 Å². The Morgan fingerprint density at radius 2 is 2.48 bits per heavy atom. The zero-order valence-corrected chi connectivity index (χ0v) is 12.9. The summed E-state index contributed by atoms with van der Waals surface area (Å²) in [5, 5.41) is 0. The molecule has 5 nitrogen and oxygen atoms in total. The van der Waals surface area contributed by atoms with Gasteiger partial charge in [0.2, 0.25) is 0 Å². The molecule has 0 aliphatic carbocycles. The van der Waals surface area contributed by atoms with Crippen LogP contribution in [0.15, 0.2) is 29.0 Å². The Hall–Kier alpha value is -1.21. The fraction of sp³-hybridized carbons (Fsp3) is 0.429. The number of hydrogen-bond donors (Lipinski definition) is 0. The lowest BCUT2D eigenvalue weighted by molar-refractivity contribution is -0.0124. The molecule has 1 aliphatic rings. The maximum absolute atomic E-state index is 12.2. The van der Waals surface area contributed by atoms with Gasteiger partial charge in [-0.25, -0.2) is 4.98 Å². The lowest BCUT2D eigenvalue weighted by Gasteiger charge is -2.34. The molecule has 0 spiro atoms. The molecule has 1 saturated heterocycles. The molecule has 1 unspecified atom stereocenters. The van der Waals surface area contributed by atoms with E-state index in [-0.39, 0.29) is 11.8 Å². The van der Waals surface area contributed by atoms with Crippen LogP contribution >= 0.6 is 22.9 Å². The number of ether oxygens (including phenoxy) is 1. The van der Waals surface area contributed by atoms with Gasteiger partial charge in [0.05, 0.1) is 19.5 Å². The number of Topliss-reactive ketones (excluding diaryl/α,β-unsaturated/α-hetero) is 1. The van der Waals surface area contributed by atoms with Crippen LogP contribution < -0.4 is 0 Å². The zero-order valence-electron chi connectivity index (χ0n) is 11.3. The topological polar surface area (TPSA) is 55.6 Å². The van der Waals surface area contributed by atoms with Crippen molar-refractivity contribution in [1.82, 2.24) is 9.88 Å². The first-order chi connectivity index (χ1) is 10.2. The summed E-state index contributed by atoms with van der Waals surface area (Å²) in [6.45, 7) is 2.77. The van der Waals surface area contributed by atoms with E-state index in [0.717, 1.165) is 18.0 Å². The van der Waals surface area contributed by atoms with Crippen molar-refractivity contribution in [3.8, 4) is 0 Å². The molecule has 3 heterocycles. The number of halogens is 1. The number of furan rings is 1. The third-order valence-electron chi connectivity index (χ3n) is 3.45. The summed E-state index contributed by atoms with van der Waals surface area (Å²) in [6.07, 6.45) is 3.69. The molecule has 1 atom stereocenters. The Morgan fingerprint density at radius 3 is 3.19 bits per heavy atom. The molecule has 0 radical (unpaired) electrons. The second kappa shape index (κ2) is 6.70. The Kier molecular flexibility index (Phi) is 4.70. The largest absolute Gasteiger partial charge is 0.461 e. The summed E-state index contributed by atoms with van der Waals surface area (Å²) >= 11 is 7.33. The fourth-order valence-corrected chi connectivity index (χ4v) is 3.40. The lowest BCUT2D eigenvalue weighted by atomic mass is 10.1. The first kappa shape index (κ1) is 14.7. The van der Waals surface area contributed by atoms with E-state index in [4.69, 9.17) is 20.8 Å². The number of nitrogens with zero attached hydrogens (tertiary/aromatic N) is 2. The fourth-order valence-electron chi connectivity index (χ4n) is 2.39. The molecular weight excluding hydrogens is 312 g/mol. The number of hydrogen-bond acceptors (Lipinski definition) is 6. The van der Waals surface area contributed by atoms with Gasteiger partial charge < -0.3 is 9.15 Å². The first-order valence-corrected chi connectivity index (χ1v) is 7.90. The molecule has 7 heteroatoms. The number of carbonyl (C=O) groups is 1. The van der Waals surface area contributed by atoms with E-state index >= 15 is 0 Å². The minimum Gasteiger partial charge on any atom is -0.461 e. The van der Waals surface area contributed by atoms with Crippen LogP contribution in [0.3, 0.4) is 0 Å². The Labute approximate surface area is 131 Å². The molecule has 3 rings (SSSR count). The number of morpholine rings is 1. The summed E-state index contributed by atoms with van der Waals surface area (Å²) in [5.74, 6) is 0.407. The van der Waals surface area contributed by atoms with Crippen molar-refractivity contribution < 1.29 is 13.9 Å². The average molecular weight is 327 g/mol. The third-order valence-corrected chi connectivity index (χ3v) is 4.55. The van der Waals surface area contributed by atoms with E-state index < -0.39 is 0 Å². The maximum atomic E-state index is 12.2. The molecular formula is C14H15ClN2O3S. The highest BCUT2D eigenvalue weighted by Gasteiger charge is 2.27. The van der Waals surface area contributed by atoms with E-state index in [1.165, 1.54) is 17.6 Å². The highest BCUT2D eigenvalue weighted by molar-refractivity contribution is 7.15. The van der Waals surface area contributed by atoms with Crippen LogP contribution in [0.1, 0.15) is 21.9 Å². The van der Waals surface area contributed by atoms with Gasteiger partial charge >= 0.3 is 0 Å². The summed E-state index contributed by atoms with van der Waals surface area (Å²) in [5.41, 5.74) is 0. The van der Waals surface area contributed by atoms with Crippen molar-refractivity contribution in [2.75, 3.05) is 19.8 Å². The van der Waals surface area contributed by atoms with E-state index in [9.17, 15) is 4.79 Å². The summed E-state index contributed by atoms with van der Waals surface area (Å²) in [6, 6.07) is 3.47. The van der Waals surface area contributed by atoms with Gasteiger partial charge in [-0.15, -0.1) is 11.3 Å². The maximum Gasteiger partial charge on any atom is 0.199 e. The SMILES string of the molecule is O=C(CC1COCCN1Cc1cnc(Cl)s1)c1ccco1. The van der Waals surface area contributed by atoms with Crippen LogP contribution in [0.4, 0.5) is 0 Å². The van der Waals surface area contributed by atoms with E-state index in [0.29, 0.717) is 29.9 Å². The molecule has 0 amide bonds. The van der Waals surface area contributed by atoms with Gasteiger partial charge in [-0.1, -0.05) is 11.6 Å². The quantitative estimate of drug-likeness (QED) is 0.791. The van der Waals surface area contributed by atoms with Crippen molar-refractivity contribution in [1.29, 1.82) is 0 Å². The van der Waals surface area contributed by atoms with Crippen molar-refractivity contribution in [3.63, 3.8) is 0 Å². The van der Waals surface area contributed by atoms with Gasteiger partial charge in [-0.05, 0) is 12.1 Å². The number of thiazole rings is 1. The Bertz CT molecular complexity index is 599. The van der Waals surface area contributed by atoms with Gasteiger partial charge in [0.25, 0.3) is 0 Å². The first-order valence-electron chi connectivity index (χ1n) is 6.71. The van der Waals surface area contributed by atoms with E-state index in [1.807, 2.05) is 0 Å². The van der Waals surface area contributed by atoms with E-state index in [1.54, 1.807) is 18.3 Å². The van der Waals surface area contributed by atoms with Gasteiger partial charge in [-0.2, -0.15) is 0 Å². The molecule has 2 aromatic heterocycles. The zero-order chi connectivity index (χ0) is 14.7. The van der Waals surface area contributed by atoms with Crippen LogP contribution in [0, 0.1) is 0 Å². The van der Waals surface area contributed by atoms with Crippen molar-refractivity contribution in [2.45, 2.75) is 19.0 Å². The normalized spacial score (nSPS) is 19.8. The number of carbonyl (C=O) groups excluding carboxylic acids is 1. The van der Waals surface area contributed by atoms with Gasteiger partial charge in [0.1, 0.15) is 0 Å². The number of ketones is 1. The van der Waals surface area contributed by atoms with Crippen LogP contribution in [0.25, 0.3) is 0 Å². The molecule has 112 valence electrons.